The quantitative estimate of drug-likeness (QED) is 0.903. The summed E-state index contributed by atoms with van der Waals surface area (Å²) in [5.41, 5.74) is -0.0291. The second-order valence-corrected chi connectivity index (χ2v) is 6.77. The van der Waals surface area contributed by atoms with Crippen molar-refractivity contribution in [2.75, 3.05) is 6.54 Å². The monoisotopic (exact) mass is 265 g/mol. The van der Waals surface area contributed by atoms with Gasteiger partial charge in [-0.3, -0.25) is 4.79 Å². The third-order valence-corrected chi connectivity index (χ3v) is 3.70. The van der Waals surface area contributed by atoms with Crippen LogP contribution >= 0.6 is 0 Å². The number of nitrogens with one attached hydrogen (secondary N) is 1. The number of amides is 1. The predicted octanol–water partition coefficient (Wildman–Crippen LogP) is 1.74. The summed E-state index contributed by atoms with van der Waals surface area (Å²) >= 11 is 0. The van der Waals surface area contributed by atoms with Gasteiger partial charge in [-0.25, -0.2) is 0 Å². The van der Waals surface area contributed by atoms with E-state index < -0.39 is 0 Å². The fraction of sp³-hybridized carbons (Fsp3) is 0.846. The van der Waals surface area contributed by atoms with Crippen LogP contribution in [0.25, 0.3) is 0 Å². The summed E-state index contributed by atoms with van der Waals surface area (Å²) in [5, 5.41) is 14.8. The number of hydrogen-bond donors (Lipinski definition) is 1. The summed E-state index contributed by atoms with van der Waals surface area (Å²) in [6.45, 7) is 8.82. The average Bonchev–Trinajstić information content (AvgIpc) is 2.94. The van der Waals surface area contributed by atoms with E-state index in [-0.39, 0.29) is 22.7 Å². The van der Waals surface area contributed by atoms with Crippen molar-refractivity contribution in [2.24, 2.45) is 5.41 Å². The first kappa shape index (κ1) is 14.0. The Bertz CT molecular complexity index is 454. The molecule has 1 aliphatic carbocycles. The van der Waals surface area contributed by atoms with Gasteiger partial charge in [-0.15, -0.1) is 10.2 Å². The van der Waals surface area contributed by atoms with E-state index in [0.29, 0.717) is 6.54 Å². The molecule has 1 heterocycles. The first-order chi connectivity index (χ1) is 8.80. The van der Waals surface area contributed by atoms with Gasteiger partial charge in [0.15, 0.2) is 0 Å². The molecule has 2 rings (SSSR count). The predicted molar refractivity (Wildman–Crippen MR) is 71.7 cm³/mol. The van der Waals surface area contributed by atoms with Crippen molar-refractivity contribution >= 4 is 5.91 Å². The summed E-state index contributed by atoms with van der Waals surface area (Å²) in [6.07, 6.45) is 4.86. The summed E-state index contributed by atoms with van der Waals surface area (Å²) in [5.74, 6) is -0.0832. The number of aromatic nitrogens is 4. The summed E-state index contributed by atoms with van der Waals surface area (Å²) in [4.78, 5) is 13.5. The van der Waals surface area contributed by atoms with Gasteiger partial charge in [0, 0.05) is 6.54 Å². The molecular weight excluding hydrogens is 242 g/mol. The lowest BCUT2D eigenvalue weighted by molar-refractivity contribution is 0.0923. The van der Waals surface area contributed by atoms with Crippen LogP contribution in [0.15, 0.2) is 0 Å². The van der Waals surface area contributed by atoms with E-state index in [9.17, 15) is 4.79 Å². The maximum atomic E-state index is 12.0. The molecule has 0 saturated heterocycles. The maximum Gasteiger partial charge on any atom is 0.292 e. The molecule has 19 heavy (non-hydrogen) atoms. The molecule has 1 aromatic rings. The molecule has 1 N–H and O–H groups in total. The zero-order chi connectivity index (χ0) is 14.1. The van der Waals surface area contributed by atoms with E-state index in [0.717, 1.165) is 0 Å². The van der Waals surface area contributed by atoms with E-state index in [2.05, 4.69) is 27.7 Å². The minimum absolute atomic E-state index is 0.150. The highest BCUT2D eigenvalue weighted by molar-refractivity contribution is 5.90. The molecule has 0 spiro atoms. The fourth-order valence-electron chi connectivity index (χ4n) is 2.37. The van der Waals surface area contributed by atoms with Gasteiger partial charge in [0.2, 0.25) is 0 Å². The Morgan fingerprint density at radius 2 is 2.00 bits per heavy atom. The second kappa shape index (κ2) is 4.90. The van der Waals surface area contributed by atoms with Crippen LogP contribution in [-0.2, 0) is 5.54 Å². The molecule has 106 valence electrons. The Balaban J connectivity index is 1.95. The molecule has 0 aromatic carbocycles. The molecule has 0 bridgehead atoms. The minimum Gasteiger partial charge on any atom is -0.349 e. The minimum atomic E-state index is -0.261. The third-order valence-electron chi connectivity index (χ3n) is 3.70. The molecule has 1 aliphatic rings. The molecule has 1 fully saturated rings. The molecule has 6 nitrogen and oxygen atoms in total. The fourth-order valence-corrected chi connectivity index (χ4v) is 2.37. The Morgan fingerprint density at radius 3 is 2.53 bits per heavy atom. The highest BCUT2D eigenvalue weighted by Crippen LogP contribution is 2.36. The molecule has 6 heteroatoms. The van der Waals surface area contributed by atoms with E-state index in [1.165, 1.54) is 30.5 Å². The van der Waals surface area contributed by atoms with E-state index >= 15 is 0 Å². The Hall–Kier alpha value is -1.46. The normalized spacial score (nSPS) is 18.5. The van der Waals surface area contributed by atoms with Crippen LogP contribution in [-0.4, -0.2) is 32.7 Å². The number of carbonyl (C=O) groups excluding carboxylic acids is 1. The van der Waals surface area contributed by atoms with Crippen LogP contribution in [0.2, 0.25) is 0 Å². The van der Waals surface area contributed by atoms with Crippen molar-refractivity contribution in [2.45, 2.75) is 58.9 Å². The van der Waals surface area contributed by atoms with Gasteiger partial charge in [-0.05, 0) is 44.2 Å². The van der Waals surface area contributed by atoms with Crippen molar-refractivity contribution in [3.8, 4) is 0 Å². The largest absolute Gasteiger partial charge is 0.349 e. The second-order valence-electron chi connectivity index (χ2n) is 6.77. The van der Waals surface area contributed by atoms with Crippen LogP contribution in [0.3, 0.4) is 0 Å². The number of nitrogens with zero attached hydrogens (tertiary/aromatic N) is 4. The lowest BCUT2D eigenvalue weighted by Crippen LogP contribution is -2.35. The van der Waals surface area contributed by atoms with Crippen LogP contribution in [0.1, 0.15) is 64.0 Å². The lowest BCUT2D eigenvalue weighted by atomic mass is 9.89. The third kappa shape index (κ3) is 3.30. The van der Waals surface area contributed by atoms with E-state index in [1.54, 1.807) is 0 Å². The van der Waals surface area contributed by atoms with Crippen molar-refractivity contribution in [1.29, 1.82) is 0 Å². The summed E-state index contributed by atoms with van der Waals surface area (Å²) in [6, 6.07) is 0. The van der Waals surface area contributed by atoms with Gasteiger partial charge < -0.3 is 5.32 Å². The van der Waals surface area contributed by atoms with Gasteiger partial charge in [0.25, 0.3) is 11.7 Å². The SMILES string of the molecule is CC1(CNC(=O)c2nnn(C(C)(C)C)n2)CCCC1. The van der Waals surface area contributed by atoms with E-state index in [1.807, 2.05) is 20.8 Å². The molecule has 0 unspecified atom stereocenters. The lowest BCUT2D eigenvalue weighted by Gasteiger charge is -2.23. The summed E-state index contributed by atoms with van der Waals surface area (Å²) in [7, 11) is 0. The smallest absolute Gasteiger partial charge is 0.292 e. The number of tetrazole rings is 1. The first-order valence-corrected chi connectivity index (χ1v) is 6.89. The number of carbonyl (C=O) groups is 1. The van der Waals surface area contributed by atoms with Gasteiger partial charge >= 0.3 is 0 Å². The Kier molecular flexibility index (Phi) is 3.60. The van der Waals surface area contributed by atoms with Crippen LogP contribution in [0, 0.1) is 5.41 Å². The zero-order valence-electron chi connectivity index (χ0n) is 12.2. The van der Waals surface area contributed by atoms with Gasteiger partial charge in [-0.1, -0.05) is 19.8 Å². The average molecular weight is 265 g/mol. The Morgan fingerprint density at radius 1 is 1.37 bits per heavy atom. The van der Waals surface area contributed by atoms with Crippen molar-refractivity contribution in [3.63, 3.8) is 0 Å². The zero-order valence-corrected chi connectivity index (χ0v) is 12.2. The molecular formula is C13H23N5O. The van der Waals surface area contributed by atoms with Crippen LogP contribution < -0.4 is 5.32 Å². The van der Waals surface area contributed by atoms with Gasteiger partial charge in [-0.2, -0.15) is 4.80 Å². The van der Waals surface area contributed by atoms with E-state index in [4.69, 9.17) is 0 Å². The first-order valence-electron chi connectivity index (χ1n) is 6.89. The highest BCUT2D eigenvalue weighted by Gasteiger charge is 2.29. The van der Waals surface area contributed by atoms with Crippen molar-refractivity contribution in [3.05, 3.63) is 5.82 Å². The molecule has 1 amide bonds. The number of hydrogen-bond acceptors (Lipinski definition) is 4. The summed E-state index contributed by atoms with van der Waals surface area (Å²) < 4.78 is 0. The molecule has 0 aliphatic heterocycles. The molecule has 0 atom stereocenters. The van der Waals surface area contributed by atoms with Gasteiger partial charge in [0.05, 0.1) is 5.54 Å². The molecule has 1 saturated carbocycles. The Labute approximate surface area is 113 Å². The van der Waals surface area contributed by atoms with Crippen molar-refractivity contribution < 1.29 is 4.79 Å². The maximum absolute atomic E-state index is 12.0. The molecule has 0 radical (unpaired) electrons. The highest BCUT2D eigenvalue weighted by atomic mass is 16.2. The number of rotatable bonds is 3. The van der Waals surface area contributed by atoms with Gasteiger partial charge in [0.1, 0.15) is 0 Å². The molecule has 1 aromatic heterocycles. The standard InChI is InChI=1S/C13H23N5O/c1-12(2,3)18-16-10(15-17-18)11(19)14-9-13(4)7-5-6-8-13/h5-9H2,1-4H3,(H,14,19). The van der Waals surface area contributed by atoms with Crippen LogP contribution in [0.4, 0.5) is 0 Å². The van der Waals surface area contributed by atoms with Crippen molar-refractivity contribution in [1.82, 2.24) is 25.5 Å². The topological polar surface area (TPSA) is 72.7 Å². The van der Waals surface area contributed by atoms with Crippen LogP contribution in [0.5, 0.6) is 0 Å².